The average Bonchev–Trinajstić information content (AvgIpc) is 2.64. The summed E-state index contributed by atoms with van der Waals surface area (Å²) in [5.41, 5.74) is 1.09. The molecule has 0 aliphatic heterocycles. The minimum atomic E-state index is -0.925. The van der Waals surface area contributed by atoms with Crippen LogP contribution in [0.3, 0.4) is 0 Å². The van der Waals surface area contributed by atoms with Crippen LogP contribution in [0.15, 0.2) is 30.3 Å². The van der Waals surface area contributed by atoms with E-state index in [-0.39, 0.29) is 5.69 Å². The lowest BCUT2D eigenvalue weighted by Crippen LogP contribution is -1.94. The molecular formula is C10H11NO2S. The van der Waals surface area contributed by atoms with Gasteiger partial charge in [0, 0.05) is 10.9 Å². The number of H-pyrrole nitrogens is 1. The van der Waals surface area contributed by atoms with Crippen LogP contribution in [-0.4, -0.2) is 22.3 Å². The molecule has 1 aromatic carbocycles. The Kier molecular flexibility index (Phi) is 3.59. The van der Waals surface area contributed by atoms with Crippen molar-refractivity contribution in [3.8, 4) is 0 Å². The maximum Gasteiger partial charge on any atom is 0.352 e. The van der Waals surface area contributed by atoms with E-state index >= 15 is 0 Å². The summed E-state index contributed by atoms with van der Waals surface area (Å²) in [7, 11) is 0. The number of benzene rings is 1. The predicted molar refractivity (Wildman–Crippen MR) is 60.2 cm³/mol. The number of carboxylic acid groups (broad SMARTS) is 1. The third-order valence-corrected chi connectivity index (χ3v) is 1.76. The van der Waals surface area contributed by atoms with Crippen molar-refractivity contribution in [2.24, 2.45) is 0 Å². The minimum absolute atomic E-state index is 0.233. The number of carbonyl (C=O) groups is 1. The van der Waals surface area contributed by atoms with Gasteiger partial charge in [-0.3, -0.25) is 0 Å². The lowest BCUT2D eigenvalue weighted by Gasteiger charge is -1.84. The molecule has 0 unspecified atom stereocenters. The molecule has 0 amide bonds. The Labute approximate surface area is 87.2 Å². The van der Waals surface area contributed by atoms with E-state index in [1.807, 2.05) is 24.3 Å². The second-order valence-corrected chi connectivity index (χ2v) is 2.58. The van der Waals surface area contributed by atoms with Crippen LogP contribution in [0.5, 0.6) is 0 Å². The Morgan fingerprint density at radius 3 is 2.57 bits per heavy atom. The highest BCUT2D eigenvalue weighted by Crippen LogP contribution is 2.13. The van der Waals surface area contributed by atoms with Crippen molar-refractivity contribution >= 4 is 29.5 Å². The van der Waals surface area contributed by atoms with Crippen molar-refractivity contribution in [1.82, 2.24) is 4.98 Å². The molecule has 1 aromatic heterocycles. The van der Waals surface area contributed by atoms with Gasteiger partial charge in [0.05, 0.1) is 0 Å². The third kappa shape index (κ3) is 2.09. The molecule has 0 aliphatic carbocycles. The molecule has 1 heterocycles. The van der Waals surface area contributed by atoms with Crippen LogP contribution in [-0.2, 0) is 0 Å². The largest absolute Gasteiger partial charge is 0.477 e. The molecular weight excluding hydrogens is 198 g/mol. The number of thiol groups is 1. The first kappa shape index (κ1) is 10.7. The molecule has 74 valence electrons. The Morgan fingerprint density at radius 2 is 2.00 bits per heavy atom. The predicted octanol–water partition coefficient (Wildman–Crippen LogP) is 2.41. The van der Waals surface area contributed by atoms with Gasteiger partial charge in [0.2, 0.25) is 0 Å². The van der Waals surface area contributed by atoms with E-state index in [0.717, 1.165) is 10.9 Å². The zero-order valence-corrected chi connectivity index (χ0v) is 8.58. The molecule has 2 rings (SSSR count). The summed E-state index contributed by atoms with van der Waals surface area (Å²) in [6.45, 7) is 0. The van der Waals surface area contributed by atoms with Gasteiger partial charge < -0.3 is 10.1 Å². The Morgan fingerprint density at radius 1 is 1.36 bits per heavy atom. The Bertz CT molecular complexity index is 403. The van der Waals surface area contributed by atoms with Gasteiger partial charge in [0.25, 0.3) is 0 Å². The topological polar surface area (TPSA) is 53.1 Å². The number of rotatable bonds is 1. The second-order valence-electron chi connectivity index (χ2n) is 2.58. The SMILES string of the molecule is CS.O=C(O)c1cc2ccccc2[nH]1. The number of carboxylic acids is 1. The normalized spacial score (nSPS) is 9.29. The zero-order chi connectivity index (χ0) is 10.6. The van der Waals surface area contributed by atoms with Crippen LogP contribution < -0.4 is 0 Å². The van der Waals surface area contributed by atoms with Gasteiger partial charge >= 0.3 is 5.97 Å². The molecule has 4 heteroatoms. The fourth-order valence-electron chi connectivity index (χ4n) is 1.19. The lowest BCUT2D eigenvalue weighted by atomic mass is 10.2. The monoisotopic (exact) mass is 209 g/mol. The van der Waals surface area contributed by atoms with Crippen molar-refractivity contribution in [3.63, 3.8) is 0 Å². The molecule has 0 aliphatic rings. The summed E-state index contributed by atoms with van der Waals surface area (Å²) < 4.78 is 0. The molecule has 14 heavy (non-hydrogen) atoms. The van der Waals surface area contributed by atoms with Gasteiger partial charge in [0.1, 0.15) is 5.69 Å². The van der Waals surface area contributed by atoms with E-state index in [1.165, 1.54) is 0 Å². The van der Waals surface area contributed by atoms with Crippen molar-refractivity contribution in [1.29, 1.82) is 0 Å². The standard InChI is InChI=1S/C9H7NO2.CH4S/c11-9(12)8-5-6-3-1-2-4-7(6)10-8;1-2/h1-5,10H,(H,11,12);2H,1H3. The van der Waals surface area contributed by atoms with E-state index in [2.05, 4.69) is 17.6 Å². The highest BCUT2D eigenvalue weighted by molar-refractivity contribution is 7.79. The summed E-state index contributed by atoms with van der Waals surface area (Å²) >= 11 is 3.53. The average molecular weight is 209 g/mol. The number of para-hydroxylation sites is 1. The van der Waals surface area contributed by atoms with E-state index in [4.69, 9.17) is 5.11 Å². The van der Waals surface area contributed by atoms with Crippen molar-refractivity contribution in [2.75, 3.05) is 6.26 Å². The van der Waals surface area contributed by atoms with Crippen LogP contribution in [0, 0.1) is 0 Å². The fraction of sp³-hybridized carbons (Fsp3) is 0.100. The van der Waals surface area contributed by atoms with Crippen molar-refractivity contribution in [2.45, 2.75) is 0 Å². The highest BCUT2D eigenvalue weighted by atomic mass is 32.1. The quantitative estimate of drug-likeness (QED) is 0.632. The first-order chi connectivity index (χ1) is 6.77. The van der Waals surface area contributed by atoms with Crippen LogP contribution in [0.25, 0.3) is 10.9 Å². The van der Waals surface area contributed by atoms with Crippen molar-refractivity contribution < 1.29 is 9.90 Å². The fourth-order valence-corrected chi connectivity index (χ4v) is 1.19. The Hall–Kier alpha value is -1.42. The number of aromatic nitrogens is 1. The smallest absolute Gasteiger partial charge is 0.352 e. The minimum Gasteiger partial charge on any atom is -0.477 e. The maximum atomic E-state index is 10.5. The van der Waals surface area contributed by atoms with Crippen LogP contribution in [0.2, 0.25) is 0 Å². The first-order valence-corrected chi connectivity index (χ1v) is 4.92. The van der Waals surface area contributed by atoms with E-state index in [9.17, 15) is 4.79 Å². The molecule has 2 aromatic rings. The zero-order valence-electron chi connectivity index (χ0n) is 7.69. The molecule has 0 atom stereocenters. The molecule has 0 bridgehead atoms. The molecule has 0 fully saturated rings. The van der Waals surface area contributed by atoms with Crippen LogP contribution >= 0.6 is 12.6 Å². The van der Waals surface area contributed by atoms with Gasteiger partial charge in [-0.05, 0) is 18.4 Å². The van der Waals surface area contributed by atoms with Crippen molar-refractivity contribution in [3.05, 3.63) is 36.0 Å². The molecule has 3 nitrogen and oxygen atoms in total. The van der Waals surface area contributed by atoms with Gasteiger partial charge in [-0.25, -0.2) is 4.79 Å². The molecule has 2 N–H and O–H groups in total. The summed E-state index contributed by atoms with van der Waals surface area (Å²) in [6, 6.07) is 9.09. The summed E-state index contributed by atoms with van der Waals surface area (Å²) in [4.78, 5) is 13.3. The van der Waals surface area contributed by atoms with Crippen LogP contribution in [0.1, 0.15) is 10.5 Å². The summed E-state index contributed by atoms with van der Waals surface area (Å²) in [6.07, 6.45) is 1.69. The number of nitrogens with one attached hydrogen (secondary N) is 1. The number of aromatic amines is 1. The van der Waals surface area contributed by atoms with E-state index in [0.29, 0.717) is 0 Å². The third-order valence-electron chi connectivity index (χ3n) is 1.76. The summed E-state index contributed by atoms with van der Waals surface area (Å²) in [5, 5.41) is 9.58. The number of aromatic carboxylic acids is 1. The molecule has 0 saturated heterocycles. The maximum absolute atomic E-state index is 10.5. The number of fused-ring (bicyclic) bond motifs is 1. The highest BCUT2D eigenvalue weighted by Gasteiger charge is 2.05. The number of hydrogen-bond acceptors (Lipinski definition) is 2. The summed E-state index contributed by atoms with van der Waals surface area (Å²) in [5.74, 6) is -0.925. The molecule has 0 radical (unpaired) electrons. The second kappa shape index (κ2) is 4.72. The number of hydrogen-bond donors (Lipinski definition) is 3. The lowest BCUT2D eigenvalue weighted by molar-refractivity contribution is 0.0691. The van der Waals surface area contributed by atoms with Gasteiger partial charge in [-0.2, -0.15) is 12.6 Å². The van der Waals surface area contributed by atoms with E-state index < -0.39 is 5.97 Å². The molecule has 0 spiro atoms. The molecule has 0 saturated carbocycles. The first-order valence-electron chi connectivity index (χ1n) is 4.03. The van der Waals surface area contributed by atoms with E-state index in [1.54, 1.807) is 12.3 Å². The van der Waals surface area contributed by atoms with Crippen LogP contribution in [0.4, 0.5) is 0 Å². The van der Waals surface area contributed by atoms with Gasteiger partial charge in [0.15, 0.2) is 0 Å². The van der Waals surface area contributed by atoms with Gasteiger partial charge in [-0.15, -0.1) is 0 Å². The Balaban J connectivity index is 0.000000461. The van der Waals surface area contributed by atoms with Gasteiger partial charge in [-0.1, -0.05) is 18.2 Å².